The molecule has 0 bridgehead atoms. The Labute approximate surface area is 128 Å². The molecule has 1 saturated heterocycles. The highest BCUT2D eigenvalue weighted by molar-refractivity contribution is 7.99. The van der Waals surface area contributed by atoms with E-state index in [2.05, 4.69) is 29.1 Å². The molecule has 1 unspecified atom stereocenters. The summed E-state index contributed by atoms with van der Waals surface area (Å²) in [5.41, 5.74) is 7.80. The Morgan fingerprint density at radius 2 is 2.05 bits per heavy atom. The van der Waals surface area contributed by atoms with Crippen molar-refractivity contribution in [3.63, 3.8) is 0 Å². The predicted octanol–water partition coefficient (Wildman–Crippen LogP) is 2.88. The van der Waals surface area contributed by atoms with Crippen molar-refractivity contribution >= 4 is 34.1 Å². The third-order valence-electron chi connectivity index (χ3n) is 3.96. The summed E-state index contributed by atoms with van der Waals surface area (Å²) in [6.07, 6.45) is 0. The van der Waals surface area contributed by atoms with E-state index in [9.17, 15) is 0 Å². The number of hydrogen-bond donors (Lipinski definition) is 2. The summed E-state index contributed by atoms with van der Waals surface area (Å²) >= 11 is 2.00. The fraction of sp³-hybridized carbons (Fsp3) is 0.312. The highest BCUT2D eigenvalue weighted by Gasteiger charge is 2.21. The molecule has 3 N–H and O–H groups in total. The molecule has 0 aliphatic carbocycles. The second-order valence-corrected chi connectivity index (χ2v) is 6.43. The molecule has 5 heteroatoms. The van der Waals surface area contributed by atoms with Crippen molar-refractivity contribution in [2.24, 2.45) is 10.9 Å². The van der Waals surface area contributed by atoms with E-state index in [0.29, 0.717) is 6.04 Å². The molecule has 1 aliphatic rings. The minimum absolute atomic E-state index is 0.153. The van der Waals surface area contributed by atoms with Crippen molar-refractivity contribution in [1.82, 2.24) is 0 Å². The van der Waals surface area contributed by atoms with Gasteiger partial charge in [-0.05, 0) is 24.4 Å². The lowest BCUT2D eigenvalue weighted by molar-refractivity contribution is 0.318. The molecule has 1 fully saturated rings. The standard InChI is InChI=1S/C16H19N3OS/c1-11-10-21-9-8-19(11)15-7-6-14(16(17)18-20)12-4-2-3-5-13(12)15/h2-7,11,20H,8-10H2,1H3,(H2,17,18). The van der Waals surface area contributed by atoms with Gasteiger partial charge in [0.1, 0.15) is 0 Å². The van der Waals surface area contributed by atoms with Gasteiger partial charge < -0.3 is 15.8 Å². The fourth-order valence-electron chi connectivity index (χ4n) is 2.90. The van der Waals surface area contributed by atoms with Crippen molar-refractivity contribution in [2.45, 2.75) is 13.0 Å². The van der Waals surface area contributed by atoms with Crippen LogP contribution in [0.4, 0.5) is 5.69 Å². The lowest BCUT2D eigenvalue weighted by Gasteiger charge is -2.36. The first-order valence-electron chi connectivity index (χ1n) is 7.06. The number of nitrogens with two attached hydrogens (primary N) is 1. The van der Waals surface area contributed by atoms with Crippen LogP contribution in [0.25, 0.3) is 10.8 Å². The van der Waals surface area contributed by atoms with Crippen molar-refractivity contribution in [3.8, 4) is 0 Å². The number of benzene rings is 2. The van der Waals surface area contributed by atoms with Crippen LogP contribution in [-0.4, -0.2) is 35.1 Å². The topological polar surface area (TPSA) is 61.8 Å². The average Bonchev–Trinajstić information content (AvgIpc) is 2.54. The second kappa shape index (κ2) is 5.85. The van der Waals surface area contributed by atoms with Gasteiger partial charge in [-0.15, -0.1) is 0 Å². The van der Waals surface area contributed by atoms with Gasteiger partial charge in [0.15, 0.2) is 5.84 Å². The number of thioether (sulfide) groups is 1. The number of amidine groups is 1. The number of nitrogens with zero attached hydrogens (tertiary/aromatic N) is 2. The van der Waals surface area contributed by atoms with Crippen molar-refractivity contribution < 1.29 is 5.21 Å². The zero-order valence-corrected chi connectivity index (χ0v) is 12.8. The number of rotatable bonds is 2. The first-order valence-corrected chi connectivity index (χ1v) is 8.22. The average molecular weight is 301 g/mol. The molecule has 2 aromatic rings. The van der Waals surface area contributed by atoms with Gasteiger partial charge in [-0.25, -0.2) is 0 Å². The van der Waals surface area contributed by atoms with Crippen LogP contribution in [-0.2, 0) is 0 Å². The van der Waals surface area contributed by atoms with Gasteiger partial charge in [-0.3, -0.25) is 0 Å². The molecule has 3 rings (SSSR count). The first-order chi connectivity index (χ1) is 10.2. The minimum Gasteiger partial charge on any atom is -0.409 e. The highest BCUT2D eigenvalue weighted by Crippen LogP contribution is 2.32. The van der Waals surface area contributed by atoms with E-state index in [1.54, 1.807) is 0 Å². The molecule has 4 nitrogen and oxygen atoms in total. The number of hydrogen-bond acceptors (Lipinski definition) is 4. The van der Waals surface area contributed by atoms with Gasteiger partial charge in [0.05, 0.1) is 0 Å². The Hall–Kier alpha value is -1.88. The molecule has 110 valence electrons. The zero-order valence-electron chi connectivity index (χ0n) is 12.0. The van der Waals surface area contributed by atoms with E-state index in [0.717, 1.165) is 34.4 Å². The molecule has 1 heterocycles. The monoisotopic (exact) mass is 301 g/mol. The Morgan fingerprint density at radius 1 is 1.29 bits per heavy atom. The van der Waals surface area contributed by atoms with Gasteiger partial charge in [-0.1, -0.05) is 29.4 Å². The fourth-order valence-corrected chi connectivity index (χ4v) is 3.91. The number of oxime groups is 1. The normalized spacial score (nSPS) is 20.0. The maximum atomic E-state index is 8.96. The molecular weight excluding hydrogens is 282 g/mol. The van der Waals surface area contributed by atoms with Crippen LogP contribution in [0.5, 0.6) is 0 Å². The van der Waals surface area contributed by atoms with Crippen LogP contribution in [0, 0.1) is 0 Å². The molecule has 1 atom stereocenters. The van der Waals surface area contributed by atoms with Crippen LogP contribution < -0.4 is 10.6 Å². The predicted molar refractivity (Wildman–Crippen MR) is 90.6 cm³/mol. The molecule has 0 saturated carbocycles. The summed E-state index contributed by atoms with van der Waals surface area (Å²) in [4.78, 5) is 2.45. The van der Waals surface area contributed by atoms with Crippen molar-refractivity contribution in [3.05, 3.63) is 42.0 Å². The largest absolute Gasteiger partial charge is 0.409 e. The van der Waals surface area contributed by atoms with E-state index in [4.69, 9.17) is 10.9 Å². The summed E-state index contributed by atoms with van der Waals surface area (Å²) in [5.74, 6) is 2.46. The van der Waals surface area contributed by atoms with Crippen molar-refractivity contribution in [2.75, 3.05) is 23.0 Å². The third kappa shape index (κ3) is 2.53. The van der Waals surface area contributed by atoms with E-state index in [-0.39, 0.29) is 5.84 Å². The van der Waals surface area contributed by atoms with Crippen LogP contribution in [0.1, 0.15) is 12.5 Å². The summed E-state index contributed by atoms with van der Waals surface area (Å²) in [6, 6.07) is 12.7. The molecule has 2 aromatic carbocycles. The van der Waals surface area contributed by atoms with Crippen LogP contribution in [0.3, 0.4) is 0 Å². The van der Waals surface area contributed by atoms with E-state index in [1.807, 2.05) is 36.0 Å². The quantitative estimate of drug-likeness (QED) is 0.387. The van der Waals surface area contributed by atoms with Gasteiger partial charge >= 0.3 is 0 Å². The Balaban J connectivity index is 2.17. The lowest BCUT2D eigenvalue weighted by atomic mass is 10.0. The van der Waals surface area contributed by atoms with E-state index in [1.165, 1.54) is 5.69 Å². The summed E-state index contributed by atoms with van der Waals surface area (Å²) in [7, 11) is 0. The molecule has 0 radical (unpaired) electrons. The van der Waals surface area contributed by atoms with Gasteiger partial charge in [0, 0.05) is 40.7 Å². The molecule has 1 aliphatic heterocycles. The lowest BCUT2D eigenvalue weighted by Crippen LogP contribution is -2.40. The summed E-state index contributed by atoms with van der Waals surface area (Å²) < 4.78 is 0. The van der Waals surface area contributed by atoms with Crippen molar-refractivity contribution in [1.29, 1.82) is 0 Å². The molecule has 21 heavy (non-hydrogen) atoms. The number of fused-ring (bicyclic) bond motifs is 1. The van der Waals surface area contributed by atoms with Gasteiger partial charge in [0.25, 0.3) is 0 Å². The second-order valence-electron chi connectivity index (χ2n) is 5.28. The SMILES string of the molecule is CC1CSCCN1c1ccc(/C(N)=N/O)c2ccccc12. The van der Waals surface area contributed by atoms with Gasteiger partial charge in [-0.2, -0.15) is 11.8 Å². The maximum Gasteiger partial charge on any atom is 0.170 e. The molecular formula is C16H19N3OS. The van der Waals surface area contributed by atoms with Crippen LogP contribution in [0.2, 0.25) is 0 Å². The summed E-state index contributed by atoms with van der Waals surface area (Å²) in [5, 5.41) is 14.3. The zero-order chi connectivity index (χ0) is 14.8. The molecule has 0 spiro atoms. The molecule has 0 aromatic heterocycles. The third-order valence-corrected chi connectivity index (χ3v) is 5.15. The summed E-state index contributed by atoms with van der Waals surface area (Å²) in [6.45, 7) is 3.32. The first kappa shape index (κ1) is 14.1. The Kier molecular flexibility index (Phi) is 3.92. The Morgan fingerprint density at radius 3 is 2.76 bits per heavy atom. The minimum atomic E-state index is 0.153. The smallest absolute Gasteiger partial charge is 0.170 e. The van der Waals surface area contributed by atoms with E-state index < -0.39 is 0 Å². The Bertz CT molecular complexity index is 686. The van der Waals surface area contributed by atoms with Gasteiger partial charge in [0.2, 0.25) is 0 Å². The van der Waals surface area contributed by atoms with Crippen LogP contribution >= 0.6 is 11.8 Å². The van der Waals surface area contributed by atoms with Crippen LogP contribution in [0.15, 0.2) is 41.6 Å². The number of anilines is 1. The maximum absolute atomic E-state index is 8.96. The highest BCUT2D eigenvalue weighted by atomic mass is 32.2. The van der Waals surface area contributed by atoms with E-state index >= 15 is 0 Å². The molecule has 0 amide bonds.